The van der Waals surface area contributed by atoms with Crippen LogP contribution in [-0.4, -0.2) is 51.1 Å². The van der Waals surface area contributed by atoms with E-state index in [1.165, 1.54) is 13.2 Å². The number of aromatic nitrogens is 4. The van der Waals surface area contributed by atoms with Crippen molar-refractivity contribution in [1.82, 2.24) is 19.7 Å². The van der Waals surface area contributed by atoms with Crippen LogP contribution < -0.4 is 4.74 Å². The lowest BCUT2D eigenvalue weighted by molar-refractivity contribution is -0.145. The Morgan fingerprint density at radius 3 is 2.76 bits per heavy atom. The molecule has 2 fully saturated rings. The molecule has 0 amide bonds. The highest BCUT2D eigenvalue weighted by atomic mass is 19.1. The summed E-state index contributed by atoms with van der Waals surface area (Å²) in [5.74, 6) is -1.03. The molecule has 1 saturated carbocycles. The largest absolute Gasteiger partial charge is 0.494 e. The first-order valence-corrected chi connectivity index (χ1v) is 11.6. The van der Waals surface area contributed by atoms with Gasteiger partial charge in [-0.25, -0.2) is 9.37 Å². The summed E-state index contributed by atoms with van der Waals surface area (Å²) in [7, 11) is 1.46. The smallest absolute Gasteiger partial charge is 0.306 e. The highest BCUT2D eigenvalue weighted by Gasteiger charge is 2.41. The normalized spacial score (nSPS) is 21.1. The molecule has 176 valence electrons. The fourth-order valence-corrected chi connectivity index (χ4v) is 5.51. The van der Waals surface area contributed by atoms with Crippen molar-refractivity contribution in [2.75, 3.05) is 20.3 Å². The quantitative estimate of drug-likeness (QED) is 0.450. The first-order chi connectivity index (χ1) is 16.5. The van der Waals surface area contributed by atoms with Crippen molar-refractivity contribution in [3.63, 3.8) is 0 Å². The van der Waals surface area contributed by atoms with Gasteiger partial charge in [0.2, 0.25) is 0 Å². The number of pyridine rings is 1. The zero-order valence-electron chi connectivity index (χ0n) is 18.8. The number of hydrogen-bond donors (Lipinski definition) is 2. The number of carboxylic acid groups (broad SMARTS) is 1. The Balaban J connectivity index is 1.64. The summed E-state index contributed by atoms with van der Waals surface area (Å²) in [6.45, 7) is 1.33. The Bertz CT molecular complexity index is 1400. The molecule has 1 aromatic carbocycles. The Morgan fingerprint density at radius 1 is 1.24 bits per heavy atom. The summed E-state index contributed by atoms with van der Waals surface area (Å²) in [6.07, 6.45) is 4.62. The summed E-state index contributed by atoms with van der Waals surface area (Å²) in [6, 6.07) is 6.93. The van der Waals surface area contributed by atoms with Gasteiger partial charge in [0.1, 0.15) is 0 Å². The molecule has 2 N–H and O–H groups in total. The zero-order chi connectivity index (χ0) is 23.4. The van der Waals surface area contributed by atoms with Crippen LogP contribution >= 0.6 is 0 Å². The number of nitrogens with one attached hydrogen (secondary N) is 1. The number of ether oxygens (including phenoxy) is 2. The van der Waals surface area contributed by atoms with E-state index in [1.54, 1.807) is 18.3 Å². The SMILES string of the molecule is COc1cc(-n2c(C3CCOCC3)c([C@H]3C[C@H](C(=O)O)C3)c3nc4[nH]ncc4cc32)ccc1F. The minimum absolute atomic E-state index is 0.0953. The lowest BCUT2D eigenvalue weighted by Gasteiger charge is -2.35. The van der Waals surface area contributed by atoms with Gasteiger partial charge in [0, 0.05) is 47.5 Å². The maximum Gasteiger partial charge on any atom is 0.306 e. The highest BCUT2D eigenvalue weighted by Crippen LogP contribution is 2.50. The van der Waals surface area contributed by atoms with E-state index in [9.17, 15) is 14.3 Å². The van der Waals surface area contributed by atoms with Crippen LogP contribution in [0.4, 0.5) is 4.39 Å². The Labute approximate surface area is 194 Å². The standard InChI is InChI=1S/C25H25FN4O4/c1-33-20-11-17(2-3-18(20)26)30-19-10-16-12-27-29-24(16)28-22(19)21(14-8-15(9-14)25(31)32)23(30)13-4-6-34-7-5-13/h2-3,10-15H,4-9H2,1H3,(H,31,32)(H,27,28,29)/t14-,15-. The van der Waals surface area contributed by atoms with Gasteiger partial charge in [0.25, 0.3) is 0 Å². The fourth-order valence-electron chi connectivity index (χ4n) is 5.51. The topological polar surface area (TPSA) is 102 Å². The van der Waals surface area contributed by atoms with Crippen LogP contribution in [0.5, 0.6) is 5.75 Å². The molecule has 0 unspecified atom stereocenters. The van der Waals surface area contributed by atoms with Crippen LogP contribution in [0.15, 0.2) is 30.5 Å². The van der Waals surface area contributed by atoms with E-state index in [1.807, 2.05) is 0 Å². The lowest BCUT2D eigenvalue weighted by Crippen LogP contribution is -2.30. The maximum atomic E-state index is 14.3. The number of methoxy groups -OCH3 is 1. The number of carboxylic acids is 1. The first kappa shape index (κ1) is 21.1. The number of rotatable bonds is 5. The summed E-state index contributed by atoms with van der Waals surface area (Å²) in [5, 5.41) is 17.5. The zero-order valence-corrected chi connectivity index (χ0v) is 18.8. The average molecular weight is 464 g/mol. The van der Waals surface area contributed by atoms with E-state index in [0.717, 1.165) is 46.2 Å². The van der Waals surface area contributed by atoms with Crippen molar-refractivity contribution in [1.29, 1.82) is 0 Å². The molecule has 9 heteroatoms. The number of H-pyrrole nitrogens is 1. The molecule has 3 aromatic heterocycles. The van der Waals surface area contributed by atoms with Gasteiger partial charge in [-0.2, -0.15) is 5.10 Å². The highest BCUT2D eigenvalue weighted by molar-refractivity contribution is 5.94. The van der Waals surface area contributed by atoms with Crippen molar-refractivity contribution < 1.29 is 23.8 Å². The van der Waals surface area contributed by atoms with Gasteiger partial charge in [-0.1, -0.05) is 0 Å². The van der Waals surface area contributed by atoms with Gasteiger partial charge in [-0.05, 0) is 49.8 Å². The minimum Gasteiger partial charge on any atom is -0.494 e. The number of hydrogen-bond acceptors (Lipinski definition) is 5. The van der Waals surface area contributed by atoms with Crippen molar-refractivity contribution in [2.45, 2.75) is 37.5 Å². The van der Waals surface area contributed by atoms with Gasteiger partial charge in [-0.15, -0.1) is 0 Å². The third-order valence-corrected chi connectivity index (χ3v) is 7.32. The molecule has 0 radical (unpaired) electrons. The van der Waals surface area contributed by atoms with Gasteiger partial charge in [0.15, 0.2) is 17.2 Å². The third-order valence-electron chi connectivity index (χ3n) is 7.32. The van der Waals surface area contributed by atoms with E-state index in [2.05, 4.69) is 20.8 Å². The van der Waals surface area contributed by atoms with Crippen LogP contribution in [0, 0.1) is 11.7 Å². The van der Waals surface area contributed by atoms with Crippen LogP contribution in [0.3, 0.4) is 0 Å². The average Bonchev–Trinajstić information content (AvgIpc) is 3.39. The van der Waals surface area contributed by atoms with E-state index in [-0.39, 0.29) is 23.5 Å². The molecular weight excluding hydrogens is 439 g/mol. The van der Waals surface area contributed by atoms with E-state index in [4.69, 9.17) is 14.5 Å². The molecular formula is C25H25FN4O4. The number of fused-ring (bicyclic) bond motifs is 2. The summed E-state index contributed by atoms with van der Waals surface area (Å²) >= 11 is 0. The van der Waals surface area contributed by atoms with E-state index in [0.29, 0.717) is 31.7 Å². The molecule has 0 spiro atoms. The second-order valence-electron chi connectivity index (χ2n) is 9.21. The maximum absolute atomic E-state index is 14.3. The molecule has 2 aliphatic rings. The van der Waals surface area contributed by atoms with Gasteiger partial charge in [-0.3, -0.25) is 9.89 Å². The Morgan fingerprint density at radius 2 is 2.03 bits per heavy atom. The third kappa shape index (κ3) is 3.26. The molecule has 0 bridgehead atoms. The molecule has 8 nitrogen and oxygen atoms in total. The van der Waals surface area contributed by atoms with Crippen molar-refractivity contribution >= 4 is 28.0 Å². The number of halogens is 1. The molecule has 0 atom stereocenters. The molecule has 4 aromatic rings. The second-order valence-corrected chi connectivity index (χ2v) is 9.21. The molecule has 4 heterocycles. The second kappa shape index (κ2) is 8.09. The van der Waals surface area contributed by atoms with Gasteiger partial charge < -0.3 is 19.1 Å². The number of carbonyl (C=O) groups is 1. The fraction of sp³-hybridized carbons (Fsp3) is 0.400. The molecule has 1 aliphatic carbocycles. The van der Waals surface area contributed by atoms with Gasteiger partial charge in [0.05, 0.1) is 30.3 Å². The molecule has 1 saturated heterocycles. The van der Waals surface area contributed by atoms with Crippen molar-refractivity contribution in [3.8, 4) is 11.4 Å². The predicted molar refractivity (Wildman–Crippen MR) is 123 cm³/mol. The molecule has 34 heavy (non-hydrogen) atoms. The number of aliphatic carboxylic acids is 1. The number of nitrogens with zero attached hydrogens (tertiary/aromatic N) is 3. The predicted octanol–water partition coefficient (Wildman–Crippen LogP) is 4.52. The summed E-state index contributed by atoms with van der Waals surface area (Å²) in [4.78, 5) is 16.5. The van der Waals surface area contributed by atoms with Crippen LogP contribution in [-0.2, 0) is 9.53 Å². The number of aromatic amines is 1. The molecule has 1 aliphatic heterocycles. The summed E-state index contributed by atoms with van der Waals surface area (Å²) in [5.41, 5.74) is 5.44. The Kier molecular flexibility index (Phi) is 5.02. The van der Waals surface area contributed by atoms with Crippen LogP contribution in [0.2, 0.25) is 0 Å². The minimum atomic E-state index is -0.750. The van der Waals surface area contributed by atoms with Gasteiger partial charge >= 0.3 is 5.97 Å². The monoisotopic (exact) mass is 464 g/mol. The first-order valence-electron chi connectivity index (χ1n) is 11.6. The number of benzene rings is 1. The lowest BCUT2D eigenvalue weighted by atomic mass is 9.70. The summed E-state index contributed by atoms with van der Waals surface area (Å²) < 4.78 is 27.4. The van der Waals surface area contributed by atoms with Crippen molar-refractivity contribution in [3.05, 3.63) is 47.5 Å². The van der Waals surface area contributed by atoms with E-state index >= 15 is 0 Å². The Hall–Kier alpha value is -3.46. The van der Waals surface area contributed by atoms with Crippen LogP contribution in [0.1, 0.15) is 48.8 Å². The molecule has 6 rings (SSSR count). The van der Waals surface area contributed by atoms with E-state index < -0.39 is 11.8 Å². The van der Waals surface area contributed by atoms with Crippen molar-refractivity contribution in [2.24, 2.45) is 5.92 Å². The van der Waals surface area contributed by atoms with Crippen LogP contribution in [0.25, 0.3) is 27.8 Å².